The molecule has 0 spiro atoms. The number of nitrogens with zero attached hydrogens (tertiary/aromatic N) is 1. The third kappa shape index (κ3) is 4.81. The average Bonchev–Trinajstić information content (AvgIpc) is 3.08. The van der Waals surface area contributed by atoms with Gasteiger partial charge in [-0.05, 0) is 35.7 Å². The van der Waals surface area contributed by atoms with Gasteiger partial charge in [0.25, 0.3) is 5.91 Å². The Bertz CT molecular complexity index is 1020. The van der Waals surface area contributed by atoms with Crippen LogP contribution in [0.3, 0.4) is 0 Å². The summed E-state index contributed by atoms with van der Waals surface area (Å²) in [5.74, 6) is 1.30. The fraction of sp³-hybridized carbons (Fsp3) is 0.238. The molecule has 0 fully saturated rings. The topological polar surface area (TPSA) is 105 Å². The van der Waals surface area contributed by atoms with Gasteiger partial charge in [-0.15, -0.1) is 0 Å². The zero-order valence-corrected chi connectivity index (χ0v) is 17.3. The van der Waals surface area contributed by atoms with E-state index in [9.17, 15) is 4.79 Å². The van der Waals surface area contributed by atoms with Crippen LogP contribution < -0.4 is 21.1 Å². The van der Waals surface area contributed by atoms with Crippen LogP contribution >= 0.6 is 11.6 Å². The lowest BCUT2D eigenvalue weighted by molar-refractivity contribution is 0.100. The number of H-pyrrole nitrogens is 1. The highest BCUT2D eigenvalue weighted by molar-refractivity contribution is 6.30. The third-order valence-corrected chi connectivity index (χ3v) is 4.76. The molecule has 152 valence electrons. The van der Waals surface area contributed by atoms with E-state index in [2.05, 4.69) is 40.7 Å². The molecule has 8 heteroatoms. The Balaban J connectivity index is 1.84. The van der Waals surface area contributed by atoms with E-state index in [-0.39, 0.29) is 5.56 Å². The number of amides is 1. The number of anilines is 3. The zero-order chi connectivity index (χ0) is 21.0. The van der Waals surface area contributed by atoms with Crippen molar-refractivity contribution in [2.75, 3.05) is 17.7 Å². The van der Waals surface area contributed by atoms with Crippen molar-refractivity contribution in [2.45, 2.75) is 26.3 Å². The van der Waals surface area contributed by atoms with Crippen molar-refractivity contribution >= 4 is 34.8 Å². The van der Waals surface area contributed by atoms with Crippen LogP contribution in [0.25, 0.3) is 0 Å². The number of carbonyl (C=O) groups is 1. The summed E-state index contributed by atoms with van der Waals surface area (Å²) >= 11 is 6.02. The van der Waals surface area contributed by atoms with E-state index in [0.29, 0.717) is 34.8 Å². The van der Waals surface area contributed by atoms with E-state index in [1.54, 1.807) is 25.3 Å². The van der Waals surface area contributed by atoms with E-state index < -0.39 is 5.91 Å². The summed E-state index contributed by atoms with van der Waals surface area (Å²) in [7, 11) is 1.63. The summed E-state index contributed by atoms with van der Waals surface area (Å²) < 4.78 is 5.46. The second-order valence-electron chi connectivity index (χ2n) is 6.90. The van der Waals surface area contributed by atoms with Crippen LogP contribution in [0, 0.1) is 0 Å². The van der Waals surface area contributed by atoms with E-state index >= 15 is 0 Å². The molecule has 1 aromatic heterocycles. The maximum Gasteiger partial charge on any atom is 0.256 e. The summed E-state index contributed by atoms with van der Waals surface area (Å²) in [5.41, 5.74) is 8.71. The number of hydrogen-bond donors (Lipinski definition) is 4. The Hall–Kier alpha value is -3.19. The van der Waals surface area contributed by atoms with Gasteiger partial charge in [0.2, 0.25) is 0 Å². The van der Waals surface area contributed by atoms with Crippen LogP contribution in [0.2, 0.25) is 5.02 Å². The maximum absolute atomic E-state index is 12.1. The van der Waals surface area contributed by atoms with Gasteiger partial charge >= 0.3 is 0 Å². The highest BCUT2D eigenvalue weighted by Gasteiger charge is 2.19. The predicted octanol–water partition coefficient (Wildman–Crippen LogP) is 4.65. The van der Waals surface area contributed by atoms with Gasteiger partial charge in [0.1, 0.15) is 17.1 Å². The lowest BCUT2D eigenvalue weighted by Gasteiger charge is -2.14. The van der Waals surface area contributed by atoms with Crippen molar-refractivity contribution in [1.82, 2.24) is 10.2 Å². The molecule has 5 N–H and O–H groups in total. The van der Waals surface area contributed by atoms with Gasteiger partial charge in [0.05, 0.1) is 7.11 Å². The highest BCUT2D eigenvalue weighted by atomic mass is 35.5. The van der Waals surface area contributed by atoms with Gasteiger partial charge in [-0.3, -0.25) is 9.89 Å². The Morgan fingerprint density at radius 1 is 1.28 bits per heavy atom. The second-order valence-corrected chi connectivity index (χ2v) is 7.34. The molecule has 0 aliphatic heterocycles. The molecule has 1 heterocycles. The number of benzene rings is 2. The lowest BCUT2D eigenvalue weighted by Crippen LogP contribution is -2.15. The third-order valence-electron chi connectivity index (χ3n) is 4.53. The summed E-state index contributed by atoms with van der Waals surface area (Å²) in [6, 6.07) is 13.2. The molecule has 0 saturated carbocycles. The number of rotatable bonds is 8. The molecule has 0 aliphatic carbocycles. The van der Waals surface area contributed by atoms with Crippen LogP contribution in [0.5, 0.6) is 5.75 Å². The van der Waals surface area contributed by atoms with Crippen molar-refractivity contribution in [1.29, 1.82) is 0 Å². The smallest absolute Gasteiger partial charge is 0.256 e. The minimum absolute atomic E-state index is 0.240. The molecule has 3 rings (SSSR count). The first kappa shape index (κ1) is 20.5. The van der Waals surface area contributed by atoms with Crippen molar-refractivity contribution in [2.24, 2.45) is 5.73 Å². The van der Waals surface area contributed by atoms with Crippen LogP contribution in [0.4, 0.5) is 17.3 Å². The van der Waals surface area contributed by atoms with Crippen molar-refractivity contribution in [3.05, 3.63) is 64.2 Å². The Kier molecular flexibility index (Phi) is 6.29. The van der Waals surface area contributed by atoms with Crippen LogP contribution in [-0.2, 0) is 6.54 Å². The largest absolute Gasteiger partial charge is 0.496 e. The minimum atomic E-state index is -0.603. The molecule has 2 aromatic carbocycles. The second kappa shape index (κ2) is 8.87. The molecule has 0 atom stereocenters. The predicted molar refractivity (Wildman–Crippen MR) is 116 cm³/mol. The standard InChI is InChI=1S/C21H24ClN5O2/c1-12(2)13-7-8-17(29-3)14(9-13)11-24-20-18(19(23)28)21(27-26-20)25-16-6-4-5-15(22)10-16/h4-10,12H,11H2,1-3H3,(H2,23,28)(H3,24,25,26,27). The fourth-order valence-electron chi connectivity index (χ4n) is 2.98. The number of nitrogens with one attached hydrogen (secondary N) is 3. The lowest BCUT2D eigenvalue weighted by atomic mass is 10.00. The molecule has 0 unspecified atom stereocenters. The summed E-state index contributed by atoms with van der Waals surface area (Å²) in [6.45, 7) is 4.70. The number of aromatic amines is 1. The molecule has 7 nitrogen and oxygen atoms in total. The van der Waals surface area contributed by atoms with Gasteiger partial charge in [0, 0.05) is 22.8 Å². The first-order valence-electron chi connectivity index (χ1n) is 9.20. The summed E-state index contributed by atoms with van der Waals surface area (Å²) in [5, 5.41) is 13.9. The first-order chi connectivity index (χ1) is 13.9. The van der Waals surface area contributed by atoms with Crippen molar-refractivity contribution in [3.8, 4) is 5.75 Å². The molecule has 0 aliphatic rings. The molecular weight excluding hydrogens is 390 g/mol. The van der Waals surface area contributed by atoms with Gasteiger partial charge < -0.3 is 21.1 Å². The highest BCUT2D eigenvalue weighted by Crippen LogP contribution is 2.28. The number of ether oxygens (including phenoxy) is 1. The van der Waals surface area contributed by atoms with Gasteiger partial charge in [-0.25, -0.2) is 0 Å². The molecule has 0 bridgehead atoms. The monoisotopic (exact) mass is 413 g/mol. The van der Waals surface area contributed by atoms with Crippen LogP contribution in [-0.4, -0.2) is 23.2 Å². The minimum Gasteiger partial charge on any atom is -0.496 e. The van der Waals surface area contributed by atoms with Gasteiger partial charge in [0.15, 0.2) is 5.82 Å². The number of aromatic nitrogens is 2. The molecule has 3 aromatic rings. The number of halogens is 1. The maximum atomic E-state index is 12.1. The number of primary amides is 1. The normalized spacial score (nSPS) is 10.8. The number of carbonyl (C=O) groups excluding carboxylic acids is 1. The number of nitrogens with two attached hydrogens (primary N) is 1. The van der Waals surface area contributed by atoms with Crippen molar-refractivity contribution in [3.63, 3.8) is 0 Å². The molecule has 0 saturated heterocycles. The van der Waals surface area contributed by atoms with Gasteiger partial charge in [-0.2, -0.15) is 5.10 Å². The van der Waals surface area contributed by atoms with Crippen LogP contribution in [0.15, 0.2) is 42.5 Å². The fourth-order valence-corrected chi connectivity index (χ4v) is 3.17. The van der Waals surface area contributed by atoms with Crippen LogP contribution in [0.1, 0.15) is 41.3 Å². The Morgan fingerprint density at radius 3 is 2.72 bits per heavy atom. The zero-order valence-electron chi connectivity index (χ0n) is 16.5. The average molecular weight is 414 g/mol. The van der Waals surface area contributed by atoms with E-state index in [1.165, 1.54) is 5.56 Å². The molecule has 1 amide bonds. The first-order valence-corrected chi connectivity index (χ1v) is 9.58. The number of hydrogen-bond acceptors (Lipinski definition) is 5. The van der Waals surface area contributed by atoms with E-state index in [1.807, 2.05) is 18.2 Å². The van der Waals surface area contributed by atoms with E-state index in [4.69, 9.17) is 22.1 Å². The molecule has 0 radical (unpaired) electrons. The van der Waals surface area contributed by atoms with Crippen molar-refractivity contribution < 1.29 is 9.53 Å². The Morgan fingerprint density at radius 2 is 2.07 bits per heavy atom. The molecule has 29 heavy (non-hydrogen) atoms. The van der Waals surface area contributed by atoms with E-state index in [0.717, 1.165) is 11.3 Å². The Labute approximate surface area is 174 Å². The summed E-state index contributed by atoms with van der Waals surface area (Å²) in [6.07, 6.45) is 0. The summed E-state index contributed by atoms with van der Waals surface area (Å²) in [4.78, 5) is 12.1. The quantitative estimate of drug-likeness (QED) is 0.430. The molecular formula is C21H24ClN5O2. The van der Waals surface area contributed by atoms with Gasteiger partial charge in [-0.1, -0.05) is 43.6 Å². The SMILES string of the molecule is COc1ccc(C(C)C)cc1CNc1[nH]nc(Nc2cccc(Cl)c2)c1C(N)=O. The number of methoxy groups -OCH3 is 1.